The van der Waals surface area contributed by atoms with Gasteiger partial charge in [-0.1, -0.05) is 0 Å². The Kier molecular flexibility index (Phi) is 6.66. The maximum atomic E-state index is 9.99. The van der Waals surface area contributed by atoms with E-state index in [1.54, 1.807) is 6.26 Å². The first kappa shape index (κ1) is 16.5. The standard InChI is InChI=1S/C15H26N2O4/c1-13(18)9-16-4-6-17(7-5-16)10-14(19)11-20-12-15-3-2-8-21-15/h2-3,8,13-14,18-19H,4-7,9-12H2,1H3/t13-,14-/m1/s1. The number of hydrogen-bond donors (Lipinski definition) is 2. The zero-order valence-electron chi connectivity index (χ0n) is 12.6. The van der Waals surface area contributed by atoms with Gasteiger partial charge >= 0.3 is 0 Å². The van der Waals surface area contributed by atoms with E-state index in [2.05, 4.69) is 9.80 Å². The molecule has 1 fully saturated rings. The third-order valence-corrected chi connectivity index (χ3v) is 3.59. The maximum Gasteiger partial charge on any atom is 0.129 e. The fourth-order valence-electron chi connectivity index (χ4n) is 2.57. The van der Waals surface area contributed by atoms with Gasteiger partial charge in [0.05, 0.1) is 25.1 Å². The lowest BCUT2D eigenvalue weighted by atomic mass is 10.2. The number of β-amino-alcohol motifs (C(OH)–C–C–N with tert-alkyl or cyclic N) is 2. The minimum Gasteiger partial charge on any atom is -0.467 e. The molecule has 1 saturated heterocycles. The van der Waals surface area contributed by atoms with Crippen LogP contribution in [0.3, 0.4) is 0 Å². The largest absolute Gasteiger partial charge is 0.467 e. The van der Waals surface area contributed by atoms with Gasteiger partial charge in [-0.05, 0) is 19.1 Å². The van der Waals surface area contributed by atoms with Crippen LogP contribution in [0, 0.1) is 0 Å². The number of furan rings is 1. The Balaban J connectivity index is 1.57. The second-order valence-electron chi connectivity index (χ2n) is 5.70. The quantitative estimate of drug-likeness (QED) is 0.712. The van der Waals surface area contributed by atoms with Crippen molar-refractivity contribution in [1.82, 2.24) is 9.80 Å². The molecule has 2 heterocycles. The maximum absolute atomic E-state index is 9.99. The smallest absolute Gasteiger partial charge is 0.129 e. The lowest BCUT2D eigenvalue weighted by molar-refractivity contribution is -0.00507. The van der Waals surface area contributed by atoms with E-state index in [1.807, 2.05) is 19.1 Å². The second kappa shape index (κ2) is 8.51. The van der Waals surface area contributed by atoms with E-state index in [9.17, 15) is 10.2 Å². The van der Waals surface area contributed by atoms with Gasteiger partial charge in [-0.3, -0.25) is 9.80 Å². The Morgan fingerprint density at radius 1 is 1.19 bits per heavy atom. The summed E-state index contributed by atoms with van der Waals surface area (Å²) in [5, 5.41) is 19.4. The number of rotatable bonds is 8. The molecule has 2 rings (SSSR count). The van der Waals surface area contributed by atoms with Crippen molar-refractivity contribution in [2.45, 2.75) is 25.7 Å². The third kappa shape index (κ3) is 6.15. The van der Waals surface area contributed by atoms with Crippen molar-refractivity contribution in [3.63, 3.8) is 0 Å². The number of aliphatic hydroxyl groups excluding tert-OH is 2. The average molecular weight is 298 g/mol. The van der Waals surface area contributed by atoms with Crippen LogP contribution in [0.15, 0.2) is 22.8 Å². The van der Waals surface area contributed by atoms with Gasteiger partial charge in [-0.25, -0.2) is 0 Å². The molecule has 0 unspecified atom stereocenters. The van der Waals surface area contributed by atoms with E-state index in [-0.39, 0.29) is 6.10 Å². The first-order valence-electron chi connectivity index (χ1n) is 7.54. The summed E-state index contributed by atoms with van der Waals surface area (Å²) in [7, 11) is 0. The lowest BCUT2D eigenvalue weighted by Gasteiger charge is -2.36. The highest BCUT2D eigenvalue weighted by molar-refractivity contribution is 4.96. The summed E-state index contributed by atoms with van der Waals surface area (Å²) in [5.74, 6) is 0.772. The van der Waals surface area contributed by atoms with E-state index in [0.717, 1.165) is 38.5 Å². The minimum absolute atomic E-state index is 0.280. The zero-order chi connectivity index (χ0) is 15.1. The highest BCUT2D eigenvalue weighted by Crippen LogP contribution is 2.05. The Morgan fingerprint density at radius 3 is 2.43 bits per heavy atom. The third-order valence-electron chi connectivity index (χ3n) is 3.59. The van der Waals surface area contributed by atoms with Crippen LogP contribution in [-0.2, 0) is 11.3 Å². The summed E-state index contributed by atoms with van der Waals surface area (Å²) in [6.07, 6.45) is 0.849. The molecular weight excluding hydrogens is 272 g/mol. The van der Waals surface area contributed by atoms with Crippen molar-refractivity contribution < 1.29 is 19.4 Å². The van der Waals surface area contributed by atoms with E-state index >= 15 is 0 Å². The molecule has 1 aromatic rings. The fraction of sp³-hybridized carbons (Fsp3) is 0.733. The second-order valence-corrected chi connectivity index (χ2v) is 5.70. The molecular formula is C15H26N2O4. The van der Waals surface area contributed by atoms with E-state index in [1.165, 1.54) is 0 Å². The number of nitrogens with zero attached hydrogens (tertiary/aromatic N) is 2. The lowest BCUT2D eigenvalue weighted by Crippen LogP contribution is -2.50. The van der Waals surface area contributed by atoms with Crippen LogP contribution in [0.5, 0.6) is 0 Å². The van der Waals surface area contributed by atoms with E-state index in [0.29, 0.717) is 19.8 Å². The van der Waals surface area contributed by atoms with Crippen molar-refractivity contribution in [3.8, 4) is 0 Å². The molecule has 0 aromatic carbocycles. The van der Waals surface area contributed by atoms with Crippen LogP contribution in [0.25, 0.3) is 0 Å². The number of piperazine rings is 1. The van der Waals surface area contributed by atoms with Crippen molar-refractivity contribution >= 4 is 0 Å². The molecule has 0 saturated carbocycles. The number of aliphatic hydroxyl groups is 2. The molecule has 21 heavy (non-hydrogen) atoms. The SMILES string of the molecule is C[C@@H](O)CN1CCN(C[C@@H](O)COCc2ccco2)CC1. The van der Waals surface area contributed by atoms with Gasteiger partial charge in [0.15, 0.2) is 0 Å². The van der Waals surface area contributed by atoms with Crippen LogP contribution in [0.4, 0.5) is 0 Å². The number of ether oxygens (including phenoxy) is 1. The summed E-state index contributed by atoms with van der Waals surface area (Å²) in [6.45, 7) is 7.58. The first-order chi connectivity index (χ1) is 10.1. The molecule has 1 aliphatic heterocycles. The molecule has 1 aliphatic rings. The molecule has 6 heteroatoms. The Bertz CT molecular complexity index is 375. The minimum atomic E-state index is -0.483. The first-order valence-corrected chi connectivity index (χ1v) is 7.54. The molecule has 6 nitrogen and oxygen atoms in total. The molecule has 0 spiro atoms. The van der Waals surface area contributed by atoms with Gasteiger partial charge < -0.3 is 19.4 Å². The van der Waals surface area contributed by atoms with Gasteiger partial charge in [0.1, 0.15) is 12.4 Å². The van der Waals surface area contributed by atoms with Crippen LogP contribution in [0.2, 0.25) is 0 Å². The van der Waals surface area contributed by atoms with Crippen molar-refractivity contribution in [3.05, 3.63) is 24.2 Å². The zero-order valence-corrected chi connectivity index (χ0v) is 12.6. The van der Waals surface area contributed by atoms with Gasteiger partial charge in [0, 0.05) is 39.3 Å². The molecule has 2 N–H and O–H groups in total. The predicted octanol–water partition coefficient (Wildman–Crippen LogP) is 0.156. The van der Waals surface area contributed by atoms with Gasteiger partial charge in [0.2, 0.25) is 0 Å². The van der Waals surface area contributed by atoms with Gasteiger partial charge in [0.25, 0.3) is 0 Å². The topological polar surface area (TPSA) is 69.3 Å². The summed E-state index contributed by atoms with van der Waals surface area (Å²) >= 11 is 0. The van der Waals surface area contributed by atoms with Crippen molar-refractivity contribution in [2.24, 2.45) is 0 Å². The molecule has 1 aromatic heterocycles. The van der Waals surface area contributed by atoms with Gasteiger partial charge in [-0.15, -0.1) is 0 Å². The summed E-state index contributed by atoms with van der Waals surface area (Å²) < 4.78 is 10.6. The highest BCUT2D eigenvalue weighted by atomic mass is 16.5. The van der Waals surface area contributed by atoms with Crippen LogP contribution < -0.4 is 0 Å². The van der Waals surface area contributed by atoms with Crippen molar-refractivity contribution in [2.75, 3.05) is 45.9 Å². The van der Waals surface area contributed by atoms with Crippen LogP contribution >= 0.6 is 0 Å². The van der Waals surface area contributed by atoms with Crippen LogP contribution in [0.1, 0.15) is 12.7 Å². The molecule has 0 aliphatic carbocycles. The fourth-order valence-corrected chi connectivity index (χ4v) is 2.57. The Hall–Kier alpha value is -0.920. The average Bonchev–Trinajstić information content (AvgIpc) is 2.93. The molecule has 0 bridgehead atoms. The van der Waals surface area contributed by atoms with E-state index in [4.69, 9.17) is 9.15 Å². The number of hydrogen-bond acceptors (Lipinski definition) is 6. The summed E-state index contributed by atoms with van der Waals surface area (Å²) in [6, 6.07) is 3.68. The van der Waals surface area contributed by atoms with Crippen LogP contribution in [-0.4, -0.2) is 78.1 Å². The monoisotopic (exact) mass is 298 g/mol. The van der Waals surface area contributed by atoms with Crippen molar-refractivity contribution in [1.29, 1.82) is 0 Å². The highest BCUT2D eigenvalue weighted by Gasteiger charge is 2.19. The van der Waals surface area contributed by atoms with Gasteiger partial charge in [-0.2, -0.15) is 0 Å². The molecule has 2 atom stereocenters. The predicted molar refractivity (Wildman–Crippen MR) is 78.9 cm³/mol. The molecule has 0 radical (unpaired) electrons. The molecule has 0 amide bonds. The summed E-state index contributed by atoms with van der Waals surface area (Å²) in [4.78, 5) is 4.49. The molecule has 120 valence electrons. The normalized spacial score (nSPS) is 20.5. The Morgan fingerprint density at radius 2 is 1.86 bits per heavy atom. The summed E-state index contributed by atoms with van der Waals surface area (Å²) in [5.41, 5.74) is 0. The van der Waals surface area contributed by atoms with E-state index < -0.39 is 6.10 Å². The Labute approximate surface area is 125 Å².